The van der Waals surface area contributed by atoms with Gasteiger partial charge in [-0.05, 0) is 37.0 Å². The van der Waals surface area contributed by atoms with E-state index >= 15 is 0 Å². The summed E-state index contributed by atoms with van der Waals surface area (Å²) in [7, 11) is 0. The van der Waals surface area contributed by atoms with Crippen molar-refractivity contribution in [3.63, 3.8) is 0 Å². The van der Waals surface area contributed by atoms with E-state index in [9.17, 15) is 4.79 Å². The van der Waals surface area contributed by atoms with Crippen LogP contribution in [0.1, 0.15) is 24.0 Å². The van der Waals surface area contributed by atoms with Gasteiger partial charge in [-0.15, -0.1) is 0 Å². The van der Waals surface area contributed by atoms with Crippen molar-refractivity contribution in [2.24, 2.45) is 0 Å². The third-order valence-electron chi connectivity index (χ3n) is 4.18. The van der Waals surface area contributed by atoms with Crippen LogP contribution in [-0.4, -0.2) is 18.2 Å². The van der Waals surface area contributed by atoms with Crippen LogP contribution in [0.4, 0.5) is 10.5 Å². The maximum atomic E-state index is 11.8. The molecule has 1 aliphatic rings. The van der Waals surface area contributed by atoms with Gasteiger partial charge < -0.3 is 15.4 Å². The highest BCUT2D eigenvalue weighted by Gasteiger charge is 2.30. The molecule has 4 heteroatoms. The van der Waals surface area contributed by atoms with Gasteiger partial charge in [0.25, 0.3) is 0 Å². The number of amides is 1. The number of para-hydroxylation sites is 1. The van der Waals surface area contributed by atoms with Gasteiger partial charge in [-0.25, -0.2) is 4.79 Å². The Morgan fingerprint density at radius 2 is 1.74 bits per heavy atom. The fourth-order valence-electron chi connectivity index (χ4n) is 2.74. The van der Waals surface area contributed by atoms with Gasteiger partial charge >= 0.3 is 6.09 Å². The zero-order valence-corrected chi connectivity index (χ0v) is 13.3. The van der Waals surface area contributed by atoms with E-state index in [0.717, 1.165) is 18.4 Å². The Morgan fingerprint density at radius 1 is 1.04 bits per heavy atom. The quantitative estimate of drug-likeness (QED) is 0.881. The first-order valence-electron chi connectivity index (χ1n) is 8.00. The summed E-state index contributed by atoms with van der Waals surface area (Å²) in [5.41, 5.74) is 3.41. The number of rotatable bonds is 5. The van der Waals surface area contributed by atoms with Crippen molar-refractivity contribution in [2.75, 3.05) is 5.32 Å². The number of nitrogens with one attached hydrogen (secondary N) is 2. The zero-order chi connectivity index (χ0) is 16.1. The summed E-state index contributed by atoms with van der Waals surface area (Å²) in [4.78, 5) is 11.8. The number of aryl methyl sites for hydroxylation is 1. The lowest BCUT2D eigenvalue weighted by Crippen LogP contribution is -2.49. The van der Waals surface area contributed by atoms with Gasteiger partial charge in [0.2, 0.25) is 0 Å². The standard InChI is InChI=1S/C19H22N2O2/c1-14-7-5-6-10-18(14)20-16-11-17(12-16)21-19(22)23-13-15-8-3-2-4-9-15/h2-10,16-17,20H,11-13H2,1H3,(H,21,22). The molecule has 23 heavy (non-hydrogen) atoms. The van der Waals surface area contributed by atoms with E-state index < -0.39 is 0 Å². The molecule has 0 spiro atoms. The molecule has 1 amide bonds. The molecule has 0 aliphatic heterocycles. The van der Waals surface area contributed by atoms with E-state index in [2.05, 4.69) is 29.7 Å². The fourth-order valence-corrected chi connectivity index (χ4v) is 2.74. The number of anilines is 1. The average molecular weight is 310 g/mol. The molecule has 2 aromatic rings. The molecular weight excluding hydrogens is 288 g/mol. The number of carbonyl (C=O) groups excluding carboxylic acids is 1. The molecule has 2 aromatic carbocycles. The number of benzene rings is 2. The van der Waals surface area contributed by atoms with Gasteiger partial charge in [-0.3, -0.25) is 0 Å². The van der Waals surface area contributed by atoms with Crippen molar-refractivity contribution in [3.05, 3.63) is 65.7 Å². The van der Waals surface area contributed by atoms with E-state index in [0.29, 0.717) is 12.6 Å². The third-order valence-corrected chi connectivity index (χ3v) is 4.18. The minimum Gasteiger partial charge on any atom is -0.445 e. The number of carbonyl (C=O) groups is 1. The Morgan fingerprint density at radius 3 is 2.48 bits per heavy atom. The molecular formula is C19H22N2O2. The highest BCUT2D eigenvalue weighted by Crippen LogP contribution is 2.25. The first-order chi connectivity index (χ1) is 11.2. The van der Waals surface area contributed by atoms with Crippen LogP contribution in [0, 0.1) is 6.92 Å². The lowest BCUT2D eigenvalue weighted by atomic mass is 9.86. The normalized spacial score (nSPS) is 19.5. The SMILES string of the molecule is Cc1ccccc1NC1CC(NC(=O)OCc2ccccc2)C1. The molecule has 0 radical (unpaired) electrons. The predicted molar refractivity (Wildman–Crippen MR) is 91.4 cm³/mol. The van der Waals surface area contributed by atoms with Crippen LogP contribution in [0.25, 0.3) is 0 Å². The van der Waals surface area contributed by atoms with Crippen LogP contribution in [0.5, 0.6) is 0 Å². The number of hydrogen-bond acceptors (Lipinski definition) is 3. The average Bonchev–Trinajstić information content (AvgIpc) is 2.54. The highest BCUT2D eigenvalue weighted by molar-refractivity contribution is 5.68. The molecule has 3 rings (SSSR count). The second-order valence-electron chi connectivity index (χ2n) is 6.03. The minimum atomic E-state index is -0.340. The molecule has 0 bridgehead atoms. The van der Waals surface area contributed by atoms with E-state index in [1.165, 1.54) is 11.3 Å². The van der Waals surface area contributed by atoms with Crippen molar-refractivity contribution >= 4 is 11.8 Å². The molecule has 0 aromatic heterocycles. The van der Waals surface area contributed by atoms with Crippen molar-refractivity contribution in [1.29, 1.82) is 0 Å². The molecule has 2 N–H and O–H groups in total. The van der Waals surface area contributed by atoms with Gasteiger partial charge in [0.15, 0.2) is 0 Å². The topological polar surface area (TPSA) is 50.4 Å². The van der Waals surface area contributed by atoms with E-state index in [4.69, 9.17) is 4.74 Å². The first-order valence-corrected chi connectivity index (χ1v) is 8.00. The summed E-state index contributed by atoms with van der Waals surface area (Å²) >= 11 is 0. The zero-order valence-electron chi connectivity index (χ0n) is 13.3. The third kappa shape index (κ3) is 4.25. The minimum absolute atomic E-state index is 0.194. The molecule has 0 heterocycles. The number of hydrogen-bond donors (Lipinski definition) is 2. The van der Waals surface area contributed by atoms with Gasteiger partial charge in [0.05, 0.1) is 0 Å². The fraction of sp³-hybridized carbons (Fsp3) is 0.316. The second kappa shape index (κ2) is 7.18. The van der Waals surface area contributed by atoms with Gasteiger partial charge in [-0.1, -0.05) is 48.5 Å². The lowest BCUT2D eigenvalue weighted by Gasteiger charge is -2.36. The second-order valence-corrected chi connectivity index (χ2v) is 6.03. The predicted octanol–water partition coefficient (Wildman–Crippen LogP) is 3.86. The van der Waals surface area contributed by atoms with E-state index in [1.807, 2.05) is 42.5 Å². The van der Waals surface area contributed by atoms with Crippen LogP contribution < -0.4 is 10.6 Å². The molecule has 4 nitrogen and oxygen atoms in total. The van der Waals surface area contributed by atoms with Crippen LogP contribution >= 0.6 is 0 Å². The van der Waals surface area contributed by atoms with Crippen LogP contribution in [-0.2, 0) is 11.3 Å². The molecule has 1 saturated carbocycles. The molecule has 120 valence electrons. The summed E-state index contributed by atoms with van der Waals surface area (Å²) in [6.45, 7) is 2.40. The maximum absolute atomic E-state index is 11.8. The van der Waals surface area contributed by atoms with Gasteiger partial charge in [0, 0.05) is 17.8 Å². The molecule has 0 atom stereocenters. The Kier molecular flexibility index (Phi) is 4.81. The first kappa shape index (κ1) is 15.4. The molecule has 0 unspecified atom stereocenters. The van der Waals surface area contributed by atoms with Crippen molar-refractivity contribution in [2.45, 2.75) is 38.5 Å². The molecule has 0 saturated heterocycles. The monoisotopic (exact) mass is 310 g/mol. The van der Waals surface area contributed by atoms with E-state index in [-0.39, 0.29) is 12.1 Å². The van der Waals surface area contributed by atoms with Crippen molar-refractivity contribution in [3.8, 4) is 0 Å². The van der Waals surface area contributed by atoms with Crippen molar-refractivity contribution in [1.82, 2.24) is 5.32 Å². The largest absolute Gasteiger partial charge is 0.445 e. The number of alkyl carbamates (subject to hydrolysis) is 1. The summed E-state index contributed by atoms with van der Waals surface area (Å²) in [6, 6.07) is 18.6. The van der Waals surface area contributed by atoms with Gasteiger partial charge in [0.1, 0.15) is 6.61 Å². The van der Waals surface area contributed by atoms with Crippen LogP contribution in [0.3, 0.4) is 0 Å². The Labute approximate surface area is 136 Å². The smallest absolute Gasteiger partial charge is 0.407 e. The van der Waals surface area contributed by atoms with Crippen molar-refractivity contribution < 1.29 is 9.53 Å². The Balaban J connectivity index is 1.37. The van der Waals surface area contributed by atoms with Crippen LogP contribution in [0.2, 0.25) is 0 Å². The van der Waals surface area contributed by atoms with Gasteiger partial charge in [-0.2, -0.15) is 0 Å². The Bertz CT molecular complexity index is 651. The van der Waals surface area contributed by atoms with E-state index in [1.54, 1.807) is 0 Å². The molecule has 1 fully saturated rings. The summed E-state index contributed by atoms with van der Waals surface area (Å²) in [5, 5.41) is 6.43. The highest BCUT2D eigenvalue weighted by atomic mass is 16.5. The Hall–Kier alpha value is -2.49. The summed E-state index contributed by atoms with van der Waals surface area (Å²) < 4.78 is 5.24. The number of ether oxygens (including phenoxy) is 1. The lowest BCUT2D eigenvalue weighted by molar-refractivity contribution is 0.129. The molecule has 1 aliphatic carbocycles. The summed E-state index contributed by atoms with van der Waals surface area (Å²) in [5.74, 6) is 0. The maximum Gasteiger partial charge on any atom is 0.407 e. The summed E-state index contributed by atoms with van der Waals surface area (Å²) in [6.07, 6.45) is 1.51. The van der Waals surface area contributed by atoms with Crippen LogP contribution in [0.15, 0.2) is 54.6 Å².